The minimum atomic E-state index is -3.94. The summed E-state index contributed by atoms with van der Waals surface area (Å²) in [6, 6.07) is 19.4. The van der Waals surface area contributed by atoms with Crippen LogP contribution in [-0.4, -0.2) is 51.6 Å². The number of fused-ring (bicyclic) bond motifs is 1. The van der Waals surface area contributed by atoms with Gasteiger partial charge >= 0.3 is 0 Å². The normalized spacial score (nSPS) is 17.4. The van der Waals surface area contributed by atoms with E-state index in [0.29, 0.717) is 18.7 Å². The molecule has 2 heterocycles. The van der Waals surface area contributed by atoms with Crippen LogP contribution in [0.4, 0.5) is 5.69 Å². The van der Waals surface area contributed by atoms with Crippen LogP contribution in [0.15, 0.2) is 71.6 Å². The van der Waals surface area contributed by atoms with E-state index in [1.807, 2.05) is 24.3 Å². The third-order valence-electron chi connectivity index (χ3n) is 7.13. The number of anilines is 1. The molecule has 3 aromatic rings. The first kappa shape index (κ1) is 27.9. The molecule has 0 aromatic heterocycles. The number of rotatable bonds is 10. The lowest BCUT2D eigenvalue weighted by molar-refractivity contribution is -0.125. The van der Waals surface area contributed by atoms with Gasteiger partial charge in [-0.25, -0.2) is 8.42 Å². The highest BCUT2D eigenvalue weighted by atomic mass is 35.5. The number of likely N-dealkylation sites (tertiary alicyclic amines) is 1. The number of ether oxygens (including phenoxy) is 1. The van der Waals surface area contributed by atoms with E-state index in [0.717, 1.165) is 30.8 Å². The maximum absolute atomic E-state index is 13.6. The molecular weight excluding hydrogens is 557 g/mol. The standard InChI is InChI=1S/C29H31Cl2N3O4S/c30-26-12-11-25(16-27(26)31)39(36,37)34-24(15-23-5-1-2-6-28(23)34)19-38-20-29(35)32-17-21-7-9-22(10-8-21)18-33-13-3-4-14-33/h1-2,5-12,16,24H,3-4,13-15,17-20H2,(H,32,35). The number of nitrogens with one attached hydrogen (secondary N) is 1. The van der Waals surface area contributed by atoms with Crippen LogP contribution in [0.2, 0.25) is 10.0 Å². The summed E-state index contributed by atoms with van der Waals surface area (Å²) in [4.78, 5) is 15.0. The van der Waals surface area contributed by atoms with Crippen molar-refractivity contribution in [2.45, 2.75) is 43.3 Å². The molecule has 0 radical (unpaired) electrons. The monoisotopic (exact) mass is 587 g/mol. The van der Waals surface area contributed by atoms with E-state index in [1.54, 1.807) is 12.1 Å². The molecule has 3 aromatic carbocycles. The Bertz CT molecular complexity index is 1430. The van der Waals surface area contributed by atoms with Crippen LogP contribution < -0.4 is 9.62 Å². The topological polar surface area (TPSA) is 78.9 Å². The second-order valence-corrected chi connectivity index (χ2v) is 12.6. The van der Waals surface area contributed by atoms with Gasteiger partial charge in [-0.15, -0.1) is 0 Å². The Labute approximate surface area is 239 Å². The van der Waals surface area contributed by atoms with Gasteiger partial charge < -0.3 is 10.1 Å². The summed E-state index contributed by atoms with van der Waals surface area (Å²) in [7, 11) is -3.94. The SMILES string of the molecule is O=C(COCC1Cc2ccccc2N1S(=O)(=O)c1ccc(Cl)c(Cl)c1)NCc1ccc(CN2CCCC2)cc1. The lowest BCUT2D eigenvalue weighted by Gasteiger charge is -2.27. The highest BCUT2D eigenvalue weighted by Crippen LogP contribution is 2.38. The van der Waals surface area contributed by atoms with Crippen LogP contribution in [0.25, 0.3) is 0 Å². The number of nitrogens with zero attached hydrogens (tertiary/aromatic N) is 2. The summed E-state index contributed by atoms with van der Waals surface area (Å²) in [5.74, 6) is -0.259. The average Bonchev–Trinajstić information content (AvgIpc) is 3.57. The predicted octanol–water partition coefficient (Wildman–Crippen LogP) is 5.04. The van der Waals surface area contributed by atoms with Gasteiger partial charge in [-0.3, -0.25) is 14.0 Å². The van der Waals surface area contributed by atoms with Gasteiger partial charge in [0.15, 0.2) is 0 Å². The van der Waals surface area contributed by atoms with Crippen molar-refractivity contribution in [3.05, 3.63) is 93.5 Å². The van der Waals surface area contributed by atoms with E-state index in [2.05, 4.69) is 22.3 Å². The molecular formula is C29H31Cl2N3O4S. The number of hydrogen-bond acceptors (Lipinski definition) is 5. The Morgan fingerprint density at radius 2 is 1.67 bits per heavy atom. The third kappa shape index (κ3) is 6.58. The minimum Gasteiger partial charge on any atom is -0.369 e. The first-order valence-electron chi connectivity index (χ1n) is 13.0. The smallest absolute Gasteiger partial charge is 0.264 e. The van der Waals surface area contributed by atoms with Crippen molar-refractivity contribution in [3.63, 3.8) is 0 Å². The maximum atomic E-state index is 13.6. The Morgan fingerprint density at radius 3 is 2.41 bits per heavy atom. The Hall–Kier alpha value is -2.62. The number of benzene rings is 3. The number of sulfonamides is 1. The van der Waals surface area contributed by atoms with E-state index in [-0.39, 0.29) is 34.1 Å². The number of carbonyl (C=O) groups excluding carboxylic acids is 1. The second-order valence-electron chi connectivity index (χ2n) is 9.96. The van der Waals surface area contributed by atoms with Crippen LogP contribution in [0.1, 0.15) is 29.5 Å². The van der Waals surface area contributed by atoms with Crippen molar-refractivity contribution in [2.75, 3.05) is 30.6 Å². The van der Waals surface area contributed by atoms with E-state index < -0.39 is 16.1 Å². The molecule has 1 amide bonds. The minimum absolute atomic E-state index is 0.0443. The zero-order valence-electron chi connectivity index (χ0n) is 21.5. The molecule has 0 aliphatic carbocycles. The molecule has 10 heteroatoms. The molecule has 1 atom stereocenters. The lowest BCUT2D eigenvalue weighted by Crippen LogP contribution is -2.41. The molecule has 206 valence electrons. The quantitative estimate of drug-likeness (QED) is 0.359. The van der Waals surface area contributed by atoms with Crippen molar-refractivity contribution >= 4 is 44.8 Å². The van der Waals surface area contributed by atoms with Crippen molar-refractivity contribution in [1.29, 1.82) is 0 Å². The average molecular weight is 589 g/mol. The zero-order chi connectivity index (χ0) is 27.4. The van der Waals surface area contributed by atoms with Crippen molar-refractivity contribution in [2.24, 2.45) is 0 Å². The molecule has 2 aliphatic rings. The van der Waals surface area contributed by atoms with Crippen LogP contribution in [0.5, 0.6) is 0 Å². The highest BCUT2D eigenvalue weighted by molar-refractivity contribution is 7.92. The molecule has 1 saturated heterocycles. The third-order valence-corrected chi connectivity index (χ3v) is 9.73. The summed E-state index contributed by atoms with van der Waals surface area (Å²) in [5, 5.41) is 3.32. The number of hydrogen-bond donors (Lipinski definition) is 1. The van der Waals surface area contributed by atoms with Crippen molar-refractivity contribution in [3.8, 4) is 0 Å². The van der Waals surface area contributed by atoms with Crippen molar-refractivity contribution in [1.82, 2.24) is 10.2 Å². The Kier molecular flexibility index (Phi) is 8.79. The number of carbonyl (C=O) groups is 1. The number of amides is 1. The molecule has 5 rings (SSSR count). The molecule has 0 spiro atoms. The zero-order valence-corrected chi connectivity index (χ0v) is 23.8. The molecule has 1 fully saturated rings. The number of para-hydroxylation sites is 1. The van der Waals surface area contributed by atoms with Crippen molar-refractivity contribution < 1.29 is 17.9 Å². The van der Waals surface area contributed by atoms with E-state index in [1.165, 1.54) is 40.9 Å². The highest BCUT2D eigenvalue weighted by Gasteiger charge is 2.38. The number of halogens is 2. The summed E-state index contributed by atoms with van der Waals surface area (Å²) in [5.41, 5.74) is 3.77. The van der Waals surface area contributed by atoms with Crippen LogP contribution in [0.3, 0.4) is 0 Å². The predicted molar refractivity (Wildman–Crippen MR) is 154 cm³/mol. The summed E-state index contributed by atoms with van der Waals surface area (Å²) < 4.78 is 34.4. The van der Waals surface area contributed by atoms with E-state index in [4.69, 9.17) is 27.9 Å². The molecule has 0 saturated carbocycles. The van der Waals surface area contributed by atoms with Gasteiger partial charge in [-0.05, 0) is 73.3 Å². The molecule has 2 aliphatic heterocycles. The first-order valence-corrected chi connectivity index (χ1v) is 15.2. The van der Waals surface area contributed by atoms with E-state index in [9.17, 15) is 13.2 Å². The molecule has 1 N–H and O–H groups in total. The van der Waals surface area contributed by atoms with Crippen LogP contribution in [0, 0.1) is 0 Å². The van der Waals surface area contributed by atoms with Gasteiger partial charge in [0.1, 0.15) is 6.61 Å². The summed E-state index contributed by atoms with van der Waals surface area (Å²) in [6.45, 7) is 3.57. The summed E-state index contributed by atoms with van der Waals surface area (Å²) >= 11 is 12.1. The lowest BCUT2D eigenvalue weighted by atomic mass is 10.1. The second kappa shape index (κ2) is 12.3. The fourth-order valence-corrected chi connectivity index (χ4v) is 7.20. The van der Waals surface area contributed by atoms with Crippen LogP contribution in [-0.2, 0) is 39.1 Å². The van der Waals surface area contributed by atoms with Gasteiger partial charge in [0.05, 0.1) is 33.3 Å². The molecule has 7 nitrogen and oxygen atoms in total. The van der Waals surface area contributed by atoms with Gasteiger partial charge in [0.2, 0.25) is 5.91 Å². The van der Waals surface area contributed by atoms with Gasteiger partial charge in [-0.2, -0.15) is 0 Å². The molecule has 0 bridgehead atoms. The van der Waals surface area contributed by atoms with E-state index >= 15 is 0 Å². The largest absolute Gasteiger partial charge is 0.369 e. The van der Waals surface area contributed by atoms with Crippen LogP contribution >= 0.6 is 23.2 Å². The van der Waals surface area contributed by atoms with Gasteiger partial charge in [-0.1, -0.05) is 65.7 Å². The molecule has 39 heavy (non-hydrogen) atoms. The summed E-state index contributed by atoms with van der Waals surface area (Å²) in [6.07, 6.45) is 3.01. The fraction of sp³-hybridized carbons (Fsp3) is 0.345. The Balaban J connectivity index is 1.16. The van der Waals surface area contributed by atoms with Gasteiger partial charge in [0, 0.05) is 13.1 Å². The maximum Gasteiger partial charge on any atom is 0.264 e. The molecule has 1 unspecified atom stereocenters. The first-order chi connectivity index (χ1) is 18.8. The Morgan fingerprint density at radius 1 is 0.949 bits per heavy atom. The fourth-order valence-electron chi connectivity index (χ4n) is 5.14. The van der Waals surface area contributed by atoms with Gasteiger partial charge in [0.25, 0.3) is 10.0 Å².